The largest absolute Gasteiger partial charge is 0.505 e. The number of hydrogen-bond acceptors (Lipinski definition) is 4. The third-order valence-corrected chi connectivity index (χ3v) is 3.20. The molecule has 0 unspecified atom stereocenters. The number of hydrogen-bond donors (Lipinski definition) is 4. The van der Waals surface area contributed by atoms with E-state index < -0.39 is 21.8 Å². The van der Waals surface area contributed by atoms with Crippen molar-refractivity contribution in [3.8, 4) is 5.75 Å². The minimum absolute atomic E-state index is 0.183. The van der Waals surface area contributed by atoms with Gasteiger partial charge >= 0.3 is 0 Å². The van der Waals surface area contributed by atoms with Gasteiger partial charge in [0.15, 0.2) is 11.6 Å². The number of nitrogens with one attached hydrogen (secondary N) is 2. The van der Waals surface area contributed by atoms with Crippen molar-refractivity contribution in [1.29, 1.82) is 0 Å². The molecule has 2 aromatic carbocycles. The van der Waals surface area contributed by atoms with Crippen LogP contribution in [0.5, 0.6) is 5.75 Å². The van der Waals surface area contributed by atoms with Crippen LogP contribution in [0.25, 0.3) is 0 Å². The van der Waals surface area contributed by atoms with Crippen LogP contribution in [0.15, 0.2) is 42.5 Å². The number of rotatable bonds is 5. The molecule has 0 radical (unpaired) electrons. The van der Waals surface area contributed by atoms with Crippen molar-refractivity contribution in [3.63, 3.8) is 0 Å². The van der Waals surface area contributed by atoms with Crippen molar-refractivity contribution >= 4 is 21.6 Å². The van der Waals surface area contributed by atoms with Crippen LogP contribution in [0, 0.1) is 5.82 Å². The third kappa shape index (κ3) is 4.33. The minimum Gasteiger partial charge on any atom is -0.505 e. The molecule has 0 amide bonds. The summed E-state index contributed by atoms with van der Waals surface area (Å²) in [5.41, 5.74) is 1.28. The van der Waals surface area contributed by atoms with Crippen molar-refractivity contribution in [2.75, 3.05) is 10.0 Å². The zero-order valence-electron chi connectivity index (χ0n) is 10.9. The molecule has 2 aromatic rings. The first-order chi connectivity index (χ1) is 9.85. The molecule has 5 N–H and O–H groups in total. The number of nitrogens with two attached hydrogens (primary N) is 1. The molecule has 0 atom stereocenters. The summed E-state index contributed by atoms with van der Waals surface area (Å²) in [6.45, 7) is 0.183. The molecule has 0 saturated carbocycles. The molecular formula is C13H14FN3O3S. The SMILES string of the molecule is NS(=O)(=O)Nc1cccc(NCc2cccc(F)c2O)c1. The van der Waals surface area contributed by atoms with E-state index in [0.717, 1.165) is 6.07 Å². The lowest BCUT2D eigenvalue weighted by atomic mass is 10.2. The highest BCUT2D eigenvalue weighted by Gasteiger charge is 2.07. The molecule has 8 heteroatoms. The third-order valence-electron chi connectivity index (χ3n) is 2.68. The van der Waals surface area contributed by atoms with E-state index in [9.17, 15) is 17.9 Å². The van der Waals surface area contributed by atoms with Crippen molar-refractivity contribution in [2.24, 2.45) is 5.14 Å². The second kappa shape index (κ2) is 5.98. The molecule has 112 valence electrons. The maximum atomic E-state index is 13.2. The van der Waals surface area contributed by atoms with E-state index in [4.69, 9.17) is 5.14 Å². The van der Waals surface area contributed by atoms with Gasteiger partial charge in [-0.3, -0.25) is 4.72 Å². The quantitative estimate of drug-likeness (QED) is 0.675. The average molecular weight is 311 g/mol. The lowest BCUT2D eigenvalue weighted by Gasteiger charge is -2.10. The van der Waals surface area contributed by atoms with Gasteiger partial charge in [0.05, 0.1) is 5.69 Å². The fourth-order valence-corrected chi connectivity index (χ4v) is 2.21. The first kappa shape index (κ1) is 15.1. The van der Waals surface area contributed by atoms with Crippen LogP contribution < -0.4 is 15.2 Å². The van der Waals surface area contributed by atoms with Gasteiger partial charge in [0.2, 0.25) is 0 Å². The van der Waals surface area contributed by atoms with Gasteiger partial charge in [0.25, 0.3) is 10.2 Å². The lowest BCUT2D eigenvalue weighted by molar-refractivity contribution is 0.427. The molecule has 0 saturated heterocycles. The monoisotopic (exact) mass is 311 g/mol. The topological polar surface area (TPSA) is 104 Å². The Bertz CT molecular complexity index is 750. The minimum atomic E-state index is -3.84. The summed E-state index contributed by atoms with van der Waals surface area (Å²) in [7, 11) is -3.84. The molecular weight excluding hydrogens is 297 g/mol. The van der Waals surface area contributed by atoms with Crippen LogP contribution in [-0.2, 0) is 16.8 Å². The smallest absolute Gasteiger partial charge is 0.296 e. The summed E-state index contributed by atoms with van der Waals surface area (Å²) < 4.78 is 37.2. The number of phenols is 1. The molecule has 0 fully saturated rings. The van der Waals surface area contributed by atoms with E-state index in [1.54, 1.807) is 18.2 Å². The zero-order valence-corrected chi connectivity index (χ0v) is 11.7. The number of phenolic OH excluding ortho intramolecular Hbond substituents is 1. The van der Waals surface area contributed by atoms with Crippen molar-refractivity contribution < 1.29 is 17.9 Å². The second-order valence-corrected chi connectivity index (χ2v) is 5.62. The van der Waals surface area contributed by atoms with Crippen molar-refractivity contribution in [1.82, 2.24) is 0 Å². The maximum absolute atomic E-state index is 13.2. The fraction of sp³-hybridized carbons (Fsp3) is 0.0769. The molecule has 0 bridgehead atoms. The van der Waals surface area contributed by atoms with Gasteiger partial charge in [-0.2, -0.15) is 8.42 Å². The van der Waals surface area contributed by atoms with Gasteiger partial charge in [-0.25, -0.2) is 9.53 Å². The fourth-order valence-electron chi connectivity index (χ4n) is 1.76. The van der Waals surface area contributed by atoms with E-state index in [2.05, 4.69) is 10.0 Å². The van der Waals surface area contributed by atoms with E-state index in [1.807, 2.05) is 0 Å². The summed E-state index contributed by atoms with van der Waals surface area (Å²) in [5.74, 6) is -1.11. The van der Waals surface area contributed by atoms with Gasteiger partial charge < -0.3 is 10.4 Å². The van der Waals surface area contributed by atoms with Crippen LogP contribution >= 0.6 is 0 Å². The second-order valence-electron chi connectivity index (χ2n) is 4.33. The molecule has 0 heterocycles. The summed E-state index contributed by atoms with van der Waals surface area (Å²) in [6, 6.07) is 10.6. The van der Waals surface area contributed by atoms with E-state index >= 15 is 0 Å². The molecule has 0 spiro atoms. The molecule has 0 aliphatic carbocycles. The van der Waals surface area contributed by atoms with Crippen LogP contribution in [0.1, 0.15) is 5.56 Å². The van der Waals surface area contributed by atoms with E-state index in [-0.39, 0.29) is 6.54 Å². The highest BCUT2D eigenvalue weighted by molar-refractivity contribution is 7.90. The average Bonchev–Trinajstić information content (AvgIpc) is 2.39. The highest BCUT2D eigenvalue weighted by Crippen LogP contribution is 2.22. The Balaban J connectivity index is 2.10. The number of para-hydroxylation sites is 1. The maximum Gasteiger partial charge on any atom is 0.296 e. The molecule has 6 nitrogen and oxygen atoms in total. The van der Waals surface area contributed by atoms with Crippen molar-refractivity contribution in [2.45, 2.75) is 6.54 Å². The van der Waals surface area contributed by atoms with E-state index in [0.29, 0.717) is 16.9 Å². The van der Waals surface area contributed by atoms with Gasteiger partial charge in [-0.05, 0) is 24.3 Å². The lowest BCUT2D eigenvalue weighted by Crippen LogP contribution is -2.21. The van der Waals surface area contributed by atoms with Crippen LogP contribution in [-0.4, -0.2) is 13.5 Å². The Morgan fingerprint density at radius 3 is 2.52 bits per heavy atom. The molecule has 0 aromatic heterocycles. The van der Waals surface area contributed by atoms with Crippen LogP contribution in [0.2, 0.25) is 0 Å². The first-order valence-electron chi connectivity index (χ1n) is 5.96. The number of anilines is 2. The Labute approximate surface area is 121 Å². The normalized spacial score (nSPS) is 11.1. The van der Waals surface area contributed by atoms with Gasteiger partial charge in [-0.15, -0.1) is 0 Å². The van der Waals surface area contributed by atoms with E-state index in [1.165, 1.54) is 18.2 Å². The number of aromatic hydroxyl groups is 1. The highest BCUT2D eigenvalue weighted by atomic mass is 32.2. The summed E-state index contributed by atoms with van der Waals surface area (Å²) in [4.78, 5) is 0. The van der Waals surface area contributed by atoms with Gasteiger partial charge in [0, 0.05) is 17.8 Å². The molecule has 21 heavy (non-hydrogen) atoms. The number of halogens is 1. The zero-order chi connectivity index (χ0) is 15.5. The van der Waals surface area contributed by atoms with Crippen molar-refractivity contribution in [3.05, 3.63) is 53.8 Å². The molecule has 2 rings (SSSR count). The Kier molecular flexibility index (Phi) is 4.29. The first-order valence-corrected chi connectivity index (χ1v) is 7.50. The predicted octanol–water partition coefficient (Wildman–Crippen LogP) is 1.76. The predicted molar refractivity (Wildman–Crippen MR) is 78.6 cm³/mol. The molecule has 0 aliphatic heterocycles. The number of benzene rings is 2. The van der Waals surface area contributed by atoms with Gasteiger partial charge in [-0.1, -0.05) is 18.2 Å². The Morgan fingerprint density at radius 2 is 1.81 bits per heavy atom. The Morgan fingerprint density at radius 1 is 1.14 bits per heavy atom. The summed E-state index contributed by atoms with van der Waals surface area (Å²) >= 11 is 0. The van der Waals surface area contributed by atoms with Crippen LogP contribution in [0.4, 0.5) is 15.8 Å². The van der Waals surface area contributed by atoms with Crippen LogP contribution in [0.3, 0.4) is 0 Å². The standard InChI is InChI=1S/C13H14FN3O3S/c14-12-6-1-3-9(13(12)18)8-16-10-4-2-5-11(7-10)17-21(15,19)20/h1-7,16-18H,8H2,(H2,15,19,20). The summed E-state index contributed by atoms with van der Waals surface area (Å²) in [5, 5.41) is 17.4. The molecule has 0 aliphatic rings. The summed E-state index contributed by atoms with van der Waals surface area (Å²) in [6.07, 6.45) is 0. The Hall–Kier alpha value is -2.32. The van der Waals surface area contributed by atoms with Gasteiger partial charge in [0.1, 0.15) is 0 Å².